The Balaban J connectivity index is -0.000000105. The van der Waals surface area contributed by atoms with E-state index in [9.17, 15) is 9.90 Å². The summed E-state index contributed by atoms with van der Waals surface area (Å²) in [5.41, 5.74) is 0. The van der Waals surface area contributed by atoms with E-state index in [2.05, 4.69) is 6.92 Å². The molecular weight excluding hydrogens is 262 g/mol. The summed E-state index contributed by atoms with van der Waals surface area (Å²) in [4.78, 5) is 18.8. The Labute approximate surface area is 183 Å². The number of carbonyl (C=O) groups excluding carboxylic acids is 2. The van der Waals surface area contributed by atoms with E-state index in [4.69, 9.17) is 9.90 Å². The molecule has 0 aliphatic rings. The fourth-order valence-corrected chi connectivity index (χ4v) is 0.873. The van der Waals surface area contributed by atoms with Crippen LogP contribution in [0.15, 0.2) is 0 Å². The minimum absolute atomic E-state index is 0. The second-order valence-corrected chi connectivity index (χ2v) is 3.03. The Hall–Kier alpha value is 2.21. The first-order chi connectivity index (χ1) is 6.50. The monoisotopic (exact) mass is 280 g/mol. The standard InChI is InChI=1S/C8H16O2.C2H4O2.2K/c1-2-3-4-5-6-7-8(9)10;1-2(3)4;;/h2-7H2,1H3,(H,9,10);1H3,(H,3,4);;/q;;2*+1/p-2. The third-order valence-electron chi connectivity index (χ3n) is 1.48. The molecular formula is C10H18K2O4. The maximum atomic E-state index is 9.92. The molecule has 0 saturated carbocycles. The molecule has 0 aliphatic carbocycles. The van der Waals surface area contributed by atoms with Crippen LogP contribution in [-0.4, -0.2) is 11.9 Å². The van der Waals surface area contributed by atoms with Crippen LogP contribution in [0.25, 0.3) is 0 Å². The zero-order valence-electron chi connectivity index (χ0n) is 10.9. The van der Waals surface area contributed by atoms with Crippen molar-refractivity contribution in [2.45, 2.75) is 52.4 Å². The molecule has 84 valence electrons. The third kappa shape index (κ3) is 44.2. The first-order valence-corrected chi connectivity index (χ1v) is 4.88. The van der Waals surface area contributed by atoms with Crippen molar-refractivity contribution in [3.63, 3.8) is 0 Å². The molecule has 0 aromatic rings. The molecule has 0 atom stereocenters. The minimum Gasteiger partial charge on any atom is -0.550 e. The van der Waals surface area contributed by atoms with Crippen molar-refractivity contribution in [2.75, 3.05) is 0 Å². The van der Waals surface area contributed by atoms with Crippen LogP contribution in [0.3, 0.4) is 0 Å². The molecule has 0 heterocycles. The zero-order chi connectivity index (χ0) is 11.4. The van der Waals surface area contributed by atoms with Gasteiger partial charge in [-0.25, -0.2) is 0 Å². The van der Waals surface area contributed by atoms with Gasteiger partial charge in [0.25, 0.3) is 0 Å². The van der Waals surface area contributed by atoms with Crippen molar-refractivity contribution in [1.82, 2.24) is 0 Å². The van der Waals surface area contributed by atoms with Crippen molar-refractivity contribution < 1.29 is 123 Å². The summed E-state index contributed by atoms with van der Waals surface area (Å²) in [6.07, 6.45) is 5.61. The van der Waals surface area contributed by atoms with Crippen LogP contribution in [0.1, 0.15) is 52.4 Å². The predicted octanol–water partition coefficient (Wildman–Crippen LogP) is -6.14. The van der Waals surface area contributed by atoms with Gasteiger partial charge in [-0.2, -0.15) is 0 Å². The van der Waals surface area contributed by atoms with E-state index in [-0.39, 0.29) is 109 Å². The third-order valence-corrected chi connectivity index (χ3v) is 1.48. The van der Waals surface area contributed by atoms with E-state index in [1.165, 1.54) is 12.8 Å². The number of carboxylic acids is 2. The molecule has 0 unspecified atom stereocenters. The largest absolute Gasteiger partial charge is 1.00 e. The van der Waals surface area contributed by atoms with Crippen molar-refractivity contribution in [2.24, 2.45) is 0 Å². The zero-order valence-corrected chi connectivity index (χ0v) is 17.1. The molecule has 4 nitrogen and oxygen atoms in total. The van der Waals surface area contributed by atoms with E-state index in [0.717, 1.165) is 26.2 Å². The van der Waals surface area contributed by atoms with Gasteiger partial charge in [-0.15, -0.1) is 0 Å². The fraction of sp³-hybridized carbons (Fsp3) is 0.800. The van der Waals surface area contributed by atoms with E-state index >= 15 is 0 Å². The molecule has 0 saturated heterocycles. The second-order valence-electron chi connectivity index (χ2n) is 3.03. The van der Waals surface area contributed by atoms with Crippen LogP contribution in [0.4, 0.5) is 0 Å². The summed E-state index contributed by atoms with van der Waals surface area (Å²) < 4.78 is 0. The van der Waals surface area contributed by atoms with Gasteiger partial charge in [-0.3, -0.25) is 0 Å². The summed E-state index contributed by atoms with van der Waals surface area (Å²) in [5.74, 6) is -2.00. The van der Waals surface area contributed by atoms with Gasteiger partial charge in [0.15, 0.2) is 0 Å². The Morgan fingerprint density at radius 1 is 0.938 bits per heavy atom. The number of carbonyl (C=O) groups is 2. The van der Waals surface area contributed by atoms with Crippen molar-refractivity contribution in [3.8, 4) is 0 Å². The molecule has 6 heteroatoms. The molecule has 0 aromatic heterocycles. The number of carboxylic acid groups (broad SMARTS) is 2. The molecule has 16 heavy (non-hydrogen) atoms. The van der Waals surface area contributed by atoms with Gasteiger partial charge in [0, 0.05) is 11.9 Å². The van der Waals surface area contributed by atoms with Crippen LogP contribution >= 0.6 is 0 Å². The van der Waals surface area contributed by atoms with Crippen LogP contribution in [-0.2, 0) is 9.59 Å². The van der Waals surface area contributed by atoms with Crippen molar-refractivity contribution >= 4 is 11.9 Å². The second kappa shape index (κ2) is 22.4. The number of hydrogen-bond acceptors (Lipinski definition) is 4. The van der Waals surface area contributed by atoms with Gasteiger partial charge in [0.2, 0.25) is 0 Å². The van der Waals surface area contributed by atoms with Crippen LogP contribution < -0.4 is 113 Å². The van der Waals surface area contributed by atoms with Gasteiger partial charge in [0.05, 0.1) is 0 Å². The van der Waals surface area contributed by atoms with Gasteiger partial charge in [-0.05, 0) is 19.8 Å². The molecule has 0 aromatic carbocycles. The first-order valence-electron chi connectivity index (χ1n) is 4.88. The summed E-state index contributed by atoms with van der Waals surface area (Å²) in [7, 11) is 0. The van der Waals surface area contributed by atoms with Crippen molar-refractivity contribution in [3.05, 3.63) is 0 Å². The van der Waals surface area contributed by atoms with E-state index in [0.29, 0.717) is 0 Å². The van der Waals surface area contributed by atoms with Crippen LogP contribution in [0.2, 0.25) is 0 Å². The summed E-state index contributed by atoms with van der Waals surface area (Å²) >= 11 is 0. The first kappa shape index (κ1) is 26.7. The van der Waals surface area contributed by atoms with E-state index in [1.807, 2.05) is 0 Å². The Bertz CT molecular complexity index is 159. The quantitative estimate of drug-likeness (QED) is 0.358. The van der Waals surface area contributed by atoms with E-state index < -0.39 is 11.9 Å². The molecule has 0 bridgehead atoms. The predicted molar refractivity (Wildman–Crippen MR) is 49.1 cm³/mol. The maximum absolute atomic E-state index is 9.92. The molecule has 0 fully saturated rings. The number of unbranched alkanes of at least 4 members (excludes halogenated alkanes) is 4. The summed E-state index contributed by atoms with van der Waals surface area (Å²) in [5, 5.41) is 18.8. The average Bonchev–Trinajstić information content (AvgIpc) is 2.02. The Kier molecular flexibility index (Phi) is 37.4. The van der Waals surface area contributed by atoms with Crippen LogP contribution in [0, 0.1) is 0 Å². The van der Waals surface area contributed by atoms with Gasteiger partial charge < -0.3 is 19.8 Å². The molecule has 0 N–H and O–H groups in total. The Morgan fingerprint density at radius 2 is 1.31 bits per heavy atom. The van der Waals surface area contributed by atoms with Gasteiger partial charge in [-0.1, -0.05) is 32.6 Å². The summed E-state index contributed by atoms with van der Waals surface area (Å²) in [6.45, 7) is 3.11. The molecule has 0 aliphatic heterocycles. The van der Waals surface area contributed by atoms with Gasteiger partial charge >= 0.3 is 103 Å². The number of hydrogen-bond donors (Lipinski definition) is 0. The normalized spacial score (nSPS) is 7.62. The molecule has 0 amide bonds. The molecule has 0 rings (SSSR count). The topological polar surface area (TPSA) is 80.3 Å². The smallest absolute Gasteiger partial charge is 0.550 e. The maximum Gasteiger partial charge on any atom is 1.00 e. The fourth-order valence-electron chi connectivity index (χ4n) is 0.873. The van der Waals surface area contributed by atoms with Gasteiger partial charge in [0.1, 0.15) is 0 Å². The summed E-state index contributed by atoms with van der Waals surface area (Å²) in [6, 6.07) is 0. The number of rotatable bonds is 6. The minimum atomic E-state index is -1.08. The van der Waals surface area contributed by atoms with Crippen molar-refractivity contribution in [1.29, 1.82) is 0 Å². The number of aliphatic carboxylic acids is 2. The Morgan fingerprint density at radius 3 is 1.62 bits per heavy atom. The van der Waals surface area contributed by atoms with Crippen LogP contribution in [0.5, 0.6) is 0 Å². The molecule has 0 radical (unpaired) electrons. The molecule has 0 spiro atoms. The van der Waals surface area contributed by atoms with E-state index in [1.54, 1.807) is 0 Å². The SMILES string of the molecule is CC(=O)[O-].CCCCCCCC(=O)[O-].[K+].[K+]. The average molecular weight is 280 g/mol.